The van der Waals surface area contributed by atoms with Crippen LogP contribution in [0.3, 0.4) is 0 Å². The van der Waals surface area contributed by atoms with Gasteiger partial charge in [0.1, 0.15) is 15.8 Å². The zero-order valence-corrected chi connectivity index (χ0v) is 17.1. The fourth-order valence-corrected chi connectivity index (χ4v) is 4.27. The van der Waals surface area contributed by atoms with E-state index in [1.807, 2.05) is 43.3 Å². The van der Waals surface area contributed by atoms with Gasteiger partial charge < -0.3 is 16.2 Å². The van der Waals surface area contributed by atoms with E-state index in [-0.39, 0.29) is 5.91 Å². The van der Waals surface area contributed by atoms with E-state index >= 15 is 0 Å². The van der Waals surface area contributed by atoms with E-state index in [9.17, 15) is 9.90 Å². The van der Waals surface area contributed by atoms with Crippen molar-refractivity contribution >= 4 is 50.4 Å². The van der Waals surface area contributed by atoms with Crippen LogP contribution in [0.5, 0.6) is 0 Å². The van der Waals surface area contributed by atoms with Gasteiger partial charge in [-0.1, -0.05) is 41.9 Å². The number of halogens is 1. The van der Waals surface area contributed by atoms with E-state index in [2.05, 4.69) is 10.3 Å². The molecule has 0 saturated carbocycles. The van der Waals surface area contributed by atoms with Gasteiger partial charge in [-0.25, -0.2) is 4.98 Å². The first-order valence-corrected chi connectivity index (χ1v) is 10.1. The number of aromatic nitrogens is 1. The Balaban J connectivity index is 1.70. The molecule has 2 aromatic heterocycles. The average molecular weight is 424 g/mol. The molecule has 1 unspecified atom stereocenters. The highest BCUT2D eigenvalue weighted by Crippen LogP contribution is 2.36. The maximum Gasteiger partial charge on any atom is 0.267 e. The summed E-state index contributed by atoms with van der Waals surface area (Å²) < 4.78 is 0. The van der Waals surface area contributed by atoms with Gasteiger partial charge >= 0.3 is 0 Å². The molecule has 0 saturated heterocycles. The number of nitrogen functional groups attached to an aromatic ring is 1. The second-order valence-corrected chi connectivity index (χ2v) is 8.07. The van der Waals surface area contributed by atoms with Crippen LogP contribution < -0.4 is 11.1 Å². The highest BCUT2D eigenvalue weighted by atomic mass is 35.5. The summed E-state index contributed by atoms with van der Waals surface area (Å²) in [4.78, 5) is 18.3. The fraction of sp³-hybridized carbons (Fsp3) is 0.0909. The summed E-state index contributed by atoms with van der Waals surface area (Å²) in [7, 11) is 0. The first-order valence-electron chi connectivity index (χ1n) is 8.93. The smallest absolute Gasteiger partial charge is 0.267 e. The molecule has 4 rings (SSSR count). The zero-order chi connectivity index (χ0) is 20.5. The largest absolute Gasteiger partial charge is 0.397 e. The Morgan fingerprint density at radius 1 is 1.17 bits per heavy atom. The van der Waals surface area contributed by atoms with Crippen molar-refractivity contribution in [2.45, 2.75) is 13.0 Å². The van der Waals surface area contributed by atoms with Crippen LogP contribution >= 0.6 is 22.9 Å². The Bertz CT molecular complexity index is 1190. The molecule has 1 atom stereocenters. The van der Waals surface area contributed by atoms with Gasteiger partial charge in [0.05, 0.1) is 5.69 Å². The number of nitrogens with two attached hydrogens (primary N) is 1. The predicted octanol–water partition coefficient (Wildman–Crippen LogP) is 5.17. The number of amides is 1. The van der Waals surface area contributed by atoms with Crippen molar-refractivity contribution in [1.29, 1.82) is 0 Å². The summed E-state index contributed by atoms with van der Waals surface area (Å²) in [6, 6.07) is 18.0. The predicted molar refractivity (Wildman–Crippen MR) is 119 cm³/mol. The number of aliphatic hydroxyl groups is 1. The van der Waals surface area contributed by atoms with Crippen LogP contribution in [-0.2, 0) is 0 Å². The van der Waals surface area contributed by atoms with E-state index in [1.165, 1.54) is 11.3 Å². The summed E-state index contributed by atoms with van der Waals surface area (Å²) in [5.74, 6) is -0.310. The number of pyridine rings is 1. The van der Waals surface area contributed by atoms with E-state index in [0.29, 0.717) is 42.7 Å². The molecule has 0 aliphatic heterocycles. The average Bonchev–Trinajstić information content (AvgIpc) is 3.05. The van der Waals surface area contributed by atoms with E-state index < -0.39 is 6.10 Å². The molecule has 29 heavy (non-hydrogen) atoms. The quantitative estimate of drug-likeness (QED) is 0.422. The summed E-state index contributed by atoms with van der Waals surface area (Å²) >= 11 is 7.11. The second kappa shape index (κ2) is 7.83. The lowest BCUT2D eigenvalue weighted by Crippen LogP contribution is -2.11. The summed E-state index contributed by atoms with van der Waals surface area (Å²) in [6.07, 6.45) is -0.821. The molecule has 146 valence electrons. The van der Waals surface area contributed by atoms with Gasteiger partial charge in [-0.2, -0.15) is 0 Å². The van der Waals surface area contributed by atoms with Crippen LogP contribution in [0.25, 0.3) is 10.2 Å². The monoisotopic (exact) mass is 423 g/mol. The van der Waals surface area contributed by atoms with Crippen molar-refractivity contribution in [2.75, 3.05) is 11.1 Å². The highest BCUT2D eigenvalue weighted by Gasteiger charge is 2.21. The molecule has 0 radical (unpaired) electrons. The summed E-state index contributed by atoms with van der Waals surface area (Å²) in [5.41, 5.74) is 9.39. The molecular formula is C22H18ClN3O2S. The minimum absolute atomic E-state index is 0.310. The van der Waals surface area contributed by atoms with E-state index in [0.717, 1.165) is 5.56 Å². The second-order valence-electron chi connectivity index (χ2n) is 6.63. The van der Waals surface area contributed by atoms with Crippen LogP contribution in [0, 0.1) is 6.92 Å². The number of carbonyl (C=O) groups excluding carboxylic acids is 1. The maximum absolute atomic E-state index is 12.7. The molecule has 4 aromatic rings. The topological polar surface area (TPSA) is 88.2 Å². The van der Waals surface area contributed by atoms with Crippen LogP contribution in [0.4, 0.5) is 11.4 Å². The number of fused-ring (bicyclic) bond motifs is 1. The van der Waals surface area contributed by atoms with Crippen LogP contribution in [0.15, 0.2) is 60.7 Å². The van der Waals surface area contributed by atoms with Crippen molar-refractivity contribution < 1.29 is 9.90 Å². The van der Waals surface area contributed by atoms with Gasteiger partial charge in [-0.15, -0.1) is 11.3 Å². The van der Waals surface area contributed by atoms with Crippen molar-refractivity contribution in [3.8, 4) is 0 Å². The standard InChI is InChI=1S/C22H18ClN3O2S/c1-12-16(19(27)13-5-3-2-4-6-13)11-17-18(24)20(29-22(17)25-12)21(28)26-15-9-7-14(23)8-10-15/h2-11,19,27H,24H2,1H3,(H,26,28). The van der Waals surface area contributed by atoms with E-state index in [4.69, 9.17) is 17.3 Å². The Morgan fingerprint density at radius 2 is 1.86 bits per heavy atom. The maximum atomic E-state index is 12.7. The van der Waals surface area contributed by atoms with Crippen LogP contribution in [-0.4, -0.2) is 16.0 Å². The SMILES string of the molecule is Cc1nc2sc(C(=O)Nc3ccc(Cl)cc3)c(N)c2cc1C(O)c1ccccc1. The Hall–Kier alpha value is -2.93. The van der Waals surface area contributed by atoms with Crippen molar-refractivity contribution in [2.24, 2.45) is 0 Å². The van der Waals surface area contributed by atoms with E-state index in [1.54, 1.807) is 24.3 Å². The lowest BCUT2D eigenvalue weighted by Gasteiger charge is -2.14. The number of nitrogens with one attached hydrogen (secondary N) is 1. The number of aliphatic hydroxyl groups excluding tert-OH is 1. The normalized spacial score (nSPS) is 12.1. The van der Waals surface area contributed by atoms with Crippen LogP contribution in [0.1, 0.15) is 32.6 Å². The van der Waals surface area contributed by atoms with Gasteiger partial charge in [0, 0.05) is 27.4 Å². The number of hydrogen-bond acceptors (Lipinski definition) is 5. The summed E-state index contributed by atoms with van der Waals surface area (Å²) in [5, 5.41) is 14.9. The van der Waals surface area contributed by atoms with Gasteiger partial charge in [-0.05, 0) is 42.8 Å². The Morgan fingerprint density at radius 3 is 2.55 bits per heavy atom. The first-order chi connectivity index (χ1) is 13.9. The highest BCUT2D eigenvalue weighted by molar-refractivity contribution is 7.21. The van der Waals surface area contributed by atoms with Gasteiger partial charge in [-0.3, -0.25) is 4.79 Å². The number of hydrogen-bond donors (Lipinski definition) is 3. The number of carbonyl (C=O) groups is 1. The van der Waals surface area contributed by atoms with Gasteiger partial charge in [0.2, 0.25) is 0 Å². The third-order valence-corrected chi connectivity index (χ3v) is 6.03. The number of aryl methyl sites for hydroxylation is 1. The number of rotatable bonds is 4. The molecule has 4 N–H and O–H groups in total. The third kappa shape index (κ3) is 3.82. The Kier molecular flexibility index (Phi) is 5.24. The molecular weight excluding hydrogens is 406 g/mol. The molecule has 2 heterocycles. The number of anilines is 2. The molecule has 0 aliphatic carbocycles. The lowest BCUT2D eigenvalue weighted by molar-refractivity contribution is 0.103. The Labute approximate surface area is 176 Å². The zero-order valence-electron chi connectivity index (χ0n) is 15.5. The molecule has 1 amide bonds. The minimum Gasteiger partial charge on any atom is -0.397 e. The third-order valence-electron chi connectivity index (χ3n) is 4.67. The summed E-state index contributed by atoms with van der Waals surface area (Å²) in [6.45, 7) is 1.84. The molecule has 0 aliphatic rings. The minimum atomic E-state index is -0.821. The van der Waals surface area contributed by atoms with Gasteiger partial charge in [0.15, 0.2) is 0 Å². The van der Waals surface area contributed by atoms with Crippen molar-refractivity contribution in [3.05, 3.63) is 87.4 Å². The van der Waals surface area contributed by atoms with Crippen molar-refractivity contribution in [3.63, 3.8) is 0 Å². The number of thiophene rings is 1. The van der Waals surface area contributed by atoms with Crippen molar-refractivity contribution in [1.82, 2.24) is 4.98 Å². The number of benzene rings is 2. The molecule has 0 fully saturated rings. The molecule has 5 nitrogen and oxygen atoms in total. The fourth-order valence-electron chi connectivity index (χ4n) is 3.12. The lowest BCUT2D eigenvalue weighted by atomic mass is 9.99. The molecule has 0 spiro atoms. The van der Waals surface area contributed by atoms with Gasteiger partial charge in [0.25, 0.3) is 5.91 Å². The number of nitrogens with zero attached hydrogens (tertiary/aromatic N) is 1. The first kappa shape index (κ1) is 19.4. The molecule has 2 aromatic carbocycles. The van der Waals surface area contributed by atoms with Crippen LogP contribution in [0.2, 0.25) is 5.02 Å². The molecule has 7 heteroatoms. The molecule has 0 bridgehead atoms.